The molecule has 0 aromatic heterocycles. The lowest BCUT2D eigenvalue weighted by molar-refractivity contribution is -0.129. The van der Waals surface area contributed by atoms with Crippen LogP contribution >= 0.6 is 0 Å². The molecule has 1 heterocycles. The molecule has 0 saturated carbocycles. The van der Waals surface area contributed by atoms with Crippen LogP contribution in [0.25, 0.3) is 0 Å². The van der Waals surface area contributed by atoms with E-state index >= 15 is 0 Å². The topological polar surface area (TPSA) is 32.3 Å². The predicted molar refractivity (Wildman–Crippen MR) is 82.5 cm³/mol. The zero-order chi connectivity index (χ0) is 15.1. The van der Waals surface area contributed by atoms with E-state index in [0.717, 1.165) is 25.9 Å². The molecule has 1 aliphatic rings. The van der Waals surface area contributed by atoms with Gasteiger partial charge in [0.05, 0.1) is 0 Å². The van der Waals surface area contributed by atoms with Crippen molar-refractivity contribution in [1.82, 2.24) is 10.2 Å². The molecule has 2 rings (SSSR count). The van der Waals surface area contributed by atoms with Gasteiger partial charge in [-0.15, -0.1) is 6.58 Å². The number of halogens is 1. The van der Waals surface area contributed by atoms with Gasteiger partial charge >= 0.3 is 0 Å². The van der Waals surface area contributed by atoms with Crippen LogP contribution in [0, 0.1) is 5.82 Å². The zero-order valence-electron chi connectivity index (χ0n) is 12.4. The van der Waals surface area contributed by atoms with Crippen molar-refractivity contribution in [3.05, 3.63) is 48.3 Å². The Morgan fingerprint density at radius 3 is 3.00 bits per heavy atom. The van der Waals surface area contributed by atoms with Crippen molar-refractivity contribution in [1.29, 1.82) is 0 Å². The fraction of sp³-hybridized carbons (Fsp3) is 0.471. The normalized spacial score (nSPS) is 18.2. The number of rotatable bonds is 8. The third kappa shape index (κ3) is 4.39. The minimum atomic E-state index is -0.187. The highest BCUT2D eigenvalue weighted by atomic mass is 19.1. The van der Waals surface area contributed by atoms with Crippen LogP contribution in [0.3, 0.4) is 0 Å². The summed E-state index contributed by atoms with van der Waals surface area (Å²) in [5.41, 5.74) is 0.681. The summed E-state index contributed by atoms with van der Waals surface area (Å²) in [6.07, 6.45) is 4.87. The van der Waals surface area contributed by atoms with Gasteiger partial charge in [0.15, 0.2) is 0 Å². The SMILES string of the molecule is C=CCNCC[C@@H]1CCC(=O)N1CCc1ccccc1F. The summed E-state index contributed by atoms with van der Waals surface area (Å²) in [6, 6.07) is 7.06. The van der Waals surface area contributed by atoms with Crippen LogP contribution in [-0.4, -0.2) is 36.5 Å². The van der Waals surface area contributed by atoms with Crippen molar-refractivity contribution in [3.8, 4) is 0 Å². The summed E-state index contributed by atoms with van der Waals surface area (Å²) in [5, 5.41) is 3.26. The highest BCUT2D eigenvalue weighted by Gasteiger charge is 2.29. The molecule has 1 atom stereocenters. The summed E-state index contributed by atoms with van der Waals surface area (Å²) in [6.45, 7) is 5.93. The molecule has 0 radical (unpaired) electrons. The lowest BCUT2D eigenvalue weighted by atomic mass is 10.1. The average Bonchev–Trinajstić information content (AvgIpc) is 2.83. The van der Waals surface area contributed by atoms with Crippen molar-refractivity contribution in [2.75, 3.05) is 19.6 Å². The maximum atomic E-state index is 13.6. The second-order valence-corrected chi connectivity index (χ2v) is 5.40. The Bertz CT molecular complexity index is 489. The quantitative estimate of drug-likeness (QED) is 0.589. The van der Waals surface area contributed by atoms with Crippen LogP contribution in [-0.2, 0) is 11.2 Å². The Morgan fingerprint density at radius 2 is 2.24 bits per heavy atom. The molecule has 1 fully saturated rings. The van der Waals surface area contributed by atoms with Gasteiger partial charge in [0.1, 0.15) is 5.82 Å². The molecule has 0 bridgehead atoms. The molecule has 0 spiro atoms. The third-order valence-corrected chi connectivity index (χ3v) is 3.98. The Hall–Kier alpha value is -1.68. The molecule has 1 amide bonds. The Kier molecular flexibility index (Phi) is 5.93. The summed E-state index contributed by atoms with van der Waals surface area (Å²) >= 11 is 0. The van der Waals surface area contributed by atoms with E-state index in [-0.39, 0.29) is 17.8 Å². The molecule has 1 N–H and O–H groups in total. The number of nitrogens with one attached hydrogen (secondary N) is 1. The van der Waals surface area contributed by atoms with E-state index in [1.54, 1.807) is 12.1 Å². The minimum absolute atomic E-state index is 0.187. The van der Waals surface area contributed by atoms with Crippen molar-refractivity contribution in [2.24, 2.45) is 0 Å². The van der Waals surface area contributed by atoms with Gasteiger partial charge in [0.25, 0.3) is 0 Å². The first-order valence-corrected chi connectivity index (χ1v) is 7.57. The first kappa shape index (κ1) is 15.7. The monoisotopic (exact) mass is 290 g/mol. The number of benzene rings is 1. The molecule has 0 unspecified atom stereocenters. The fourth-order valence-corrected chi connectivity index (χ4v) is 2.82. The van der Waals surface area contributed by atoms with Gasteiger partial charge in [-0.2, -0.15) is 0 Å². The molecule has 1 aliphatic heterocycles. The number of hydrogen-bond acceptors (Lipinski definition) is 2. The smallest absolute Gasteiger partial charge is 0.222 e. The average molecular weight is 290 g/mol. The standard InChI is InChI=1S/C17H23FN2O/c1-2-11-19-12-9-15-7-8-17(21)20(15)13-10-14-5-3-4-6-16(14)18/h2-6,15,19H,1,7-13H2/t15-/m0/s1. The second kappa shape index (κ2) is 7.93. The van der Waals surface area contributed by atoms with Crippen LogP contribution in [0.15, 0.2) is 36.9 Å². The summed E-state index contributed by atoms with van der Waals surface area (Å²) < 4.78 is 13.6. The molecule has 0 aliphatic carbocycles. The van der Waals surface area contributed by atoms with Gasteiger partial charge < -0.3 is 10.2 Å². The predicted octanol–water partition coefficient (Wildman–Crippen LogP) is 2.52. The molecule has 21 heavy (non-hydrogen) atoms. The zero-order valence-corrected chi connectivity index (χ0v) is 12.4. The van der Waals surface area contributed by atoms with Crippen molar-refractivity contribution in [3.63, 3.8) is 0 Å². The minimum Gasteiger partial charge on any atom is -0.339 e. The highest BCUT2D eigenvalue weighted by molar-refractivity contribution is 5.78. The molecular formula is C17H23FN2O. The number of nitrogens with zero attached hydrogens (tertiary/aromatic N) is 1. The number of amides is 1. The van der Waals surface area contributed by atoms with Gasteiger partial charge in [0, 0.05) is 25.6 Å². The molecule has 1 saturated heterocycles. The van der Waals surface area contributed by atoms with Crippen molar-refractivity contribution < 1.29 is 9.18 Å². The Morgan fingerprint density at radius 1 is 1.43 bits per heavy atom. The summed E-state index contributed by atoms with van der Waals surface area (Å²) in [5.74, 6) is 0.00778. The molecule has 1 aromatic carbocycles. The van der Waals surface area contributed by atoms with Crippen LogP contribution in [0.1, 0.15) is 24.8 Å². The van der Waals surface area contributed by atoms with Crippen molar-refractivity contribution in [2.45, 2.75) is 31.7 Å². The maximum absolute atomic E-state index is 13.6. The van der Waals surface area contributed by atoms with E-state index in [0.29, 0.717) is 24.9 Å². The number of carbonyl (C=O) groups is 1. The van der Waals surface area contributed by atoms with E-state index in [2.05, 4.69) is 11.9 Å². The maximum Gasteiger partial charge on any atom is 0.222 e. The second-order valence-electron chi connectivity index (χ2n) is 5.40. The van der Waals surface area contributed by atoms with Gasteiger partial charge in [-0.1, -0.05) is 24.3 Å². The first-order chi connectivity index (χ1) is 10.2. The summed E-state index contributed by atoms with van der Waals surface area (Å²) in [4.78, 5) is 13.9. The van der Waals surface area contributed by atoms with E-state index in [1.807, 2.05) is 17.0 Å². The molecule has 4 heteroatoms. The Labute approximate surface area is 125 Å². The largest absolute Gasteiger partial charge is 0.339 e. The third-order valence-electron chi connectivity index (χ3n) is 3.98. The van der Waals surface area contributed by atoms with E-state index in [1.165, 1.54) is 6.07 Å². The van der Waals surface area contributed by atoms with Gasteiger partial charge in [-0.3, -0.25) is 4.79 Å². The van der Waals surface area contributed by atoms with Gasteiger partial charge in [0.2, 0.25) is 5.91 Å². The first-order valence-electron chi connectivity index (χ1n) is 7.57. The van der Waals surface area contributed by atoms with E-state index < -0.39 is 0 Å². The van der Waals surface area contributed by atoms with Crippen LogP contribution in [0.2, 0.25) is 0 Å². The van der Waals surface area contributed by atoms with Crippen LogP contribution in [0.4, 0.5) is 4.39 Å². The number of likely N-dealkylation sites (tertiary alicyclic amines) is 1. The van der Waals surface area contributed by atoms with E-state index in [4.69, 9.17) is 0 Å². The van der Waals surface area contributed by atoms with E-state index in [9.17, 15) is 9.18 Å². The van der Waals surface area contributed by atoms with Crippen molar-refractivity contribution >= 4 is 5.91 Å². The van der Waals surface area contributed by atoms with Crippen LogP contribution in [0.5, 0.6) is 0 Å². The molecule has 3 nitrogen and oxygen atoms in total. The summed E-state index contributed by atoms with van der Waals surface area (Å²) in [7, 11) is 0. The molecule has 114 valence electrons. The lowest BCUT2D eigenvalue weighted by Crippen LogP contribution is -2.36. The Balaban J connectivity index is 1.85. The van der Waals surface area contributed by atoms with Gasteiger partial charge in [-0.05, 0) is 37.4 Å². The highest BCUT2D eigenvalue weighted by Crippen LogP contribution is 2.22. The van der Waals surface area contributed by atoms with Gasteiger partial charge in [-0.25, -0.2) is 4.39 Å². The fourth-order valence-electron chi connectivity index (χ4n) is 2.82. The lowest BCUT2D eigenvalue weighted by Gasteiger charge is -2.25. The number of hydrogen-bond donors (Lipinski definition) is 1. The molecular weight excluding hydrogens is 267 g/mol. The van der Waals surface area contributed by atoms with Crippen LogP contribution < -0.4 is 5.32 Å². The molecule has 1 aromatic rings. The number of carbonyl (C=O) groups excluding carboxylic acids is 1.